The van der Waals surface area contributed by atoms with Crippen LogP contribution in [-0.4, -0.2) is 33.8 Å². The van der Waals surface area contributed by atoms with Crippen LogP contribution in [0.1, 0.15) is 11.1 Å². The van der Waals surface area contributed by atoms with Gasteiger partial charge in [-0.25, -0.2) is 4.39 Å². The van der Waals surface area contributed by atoms with Crippen LogP contribution in [0.25, 0.3) is 11.5 Å². The summed E-state index contributed by atoms with van der Waals surface area (Å²) in [5, 5.41) is 18.3. The molecule has 0 aliphatic carbocycles. The van der Waals surface area contributed by atoms with Crippen LogP contribution in [0.3, 0.4) is 0 Å². The van der Waals surface area contributed by atoms with Crippen molar-refractivity contribution in [2.75, 3.05) is 12.4 Å². The highest BCUT2D eigenvalue weighted by molar-refractivity contribution is 7.99. The lowest BCUT2D eigenvalue weighted by molar-refractivity contribution is 0.125. The number of hydrogen-bond acceptors (Lipinski definition) is 6. The molecule has 136 valence electrons. The monoisotopic (exact) mass is 374 g/mol. The molecule has 3 aromatic rings. The molecule has 0 amide bonds. The molecule has 0 radical (unpaired) electrons. The van der Waals surface area contributed by atoms with E-state index in [0.717, 1.165) is 16.9 Å². The van der Waals surface area contributed by atoms with Crippen molar-refractivity contribution in [3.8, 4) is 17.2 Å². The first-order valence-electron chi connectivity index (χ1n) is 8.12. The molecule has 2 aromatic carbocycles. The minimum absolute atomic E-state index is 0.178. The first kappa shape index (κ1) is 18.4. The Morgan fingerprint density at radius 3 is 2.50 bits per heavy atom. The summed E-state index contributed by atoms with van der Waals surface area (Å²) in [7, 11) is 0. The molecule has 0 saturated heterocycles. The van der Waals surface area contributed by atoms with Crippen LogP contribution in [0.5, 0.6) is 5.75 Å². The first-order chi connectivity index (χ1) is 12.5. The number of thioether (sulfide) groups is 1. The topological polar surface area (TPSA) is 68.4 Å². The van der Waals surface area contributed by atoms with Gasteiger partial charge in [-0.1, -0.05) is 30.0 Å². The number of para-hydroxylation sites is 1. The third-order valence-corrected chi connectivity index (χ3v) is 4.69. The molecule has 1 heterocycles. The first-order valence-corrected chi connectivity index (χ1v) is 9.11. The van der Waals surface area contributed by atoms with E-state index in [4.69, 9.17) is 9.15 Å². The zero-order chi connectivity index (χ0) is 18.5. The summed E-state index contributed by atoms with van der Waals surface area (Å²) in [4.78, 5) is 0. The lowest BCUT2D eigenvalue weighted by Gasteiger charge is -2.14. The number of aliphatic hydroxyl groups excluding tert-OH is 1. The molecule has 0 aliphatic rings. The van der Waals surface area contributed by atoms with Crippen LogP contribution in [-0.2, 0) is 0 Å². The van der Waals surface area contributed by atoms with Gasteiger partial charge in [-0.2, -0.15) is 0 Å². The molecule has 0 fully saturated rings. The fraction of sp³-hybridized carbons (Fsp3) is 0.263. The van der Waals surface area contributed by atoms with E-state index in [1.165, 1.54) is 23.9 Å². The quantitative estimate of drug-likeness (QED) is 0.630. The maximum absolute atomic E-state index is 13.0. The van der Waals surface area contributed by atoms with E-state index in [2.05, 4.69) is 10.2 Å². The zero-order valence-electron chi connectivity index (χ0n) is 14.5. The fourth-order valence-electron chi connectivity index (χ4n) is 2.40. The van der Waals surface area contributed by atoms with Crippen molar-refractivity contribution < 1.29 is 18.7 Å². The number of ether oxygens (including phenoxy) is 1. The molecule has 3 rings (SSSR count). The molecule has 1 N–H and O–H groups in total. The van der Waals surface area contributed by atoms with Crippen molar-refractivity contribution in [1.82, 2.24) is 10.2 Å². The Labute approximate surface area is 155 Å². The van der Waals surface area contributed by atoms with E-state index in [1.807, 2.05) is 32.0 Å². The minimum atomic E-state index is -0.680. The van der Waals surface area contributed by atoms with Crippen molar-refractivity contribution >= 4 is 11.8 Å². The summed E-state index contributed by atoms with van der Waals surface area (Å²) in [5.74, 6) is 1.15. The van der Waals surface area contributed by atoms with Gasteiger partial charge in [0.1, 0.15) is 18.2 Å². The largest absolute Gasteiger partial charge is 0.490 e. The van der Waals surface area contributed by atoms with Crippen LogP contribution in [0.4, 0.5) is 4.39 Å². The van der Waals surface area contributed by atoms with Crippen LogP contribution in [0, 0.1) is 19.7 Å². The second kappa shape index (κ2) is 8.33. The molecule has 0 aliphatic heterocycles. The van der Waals surface area contributed by atoms with Crippen LogP contribution in [0.15, 0.2) is 52.1 Å². The summed E-state index contributed by atoms with van der Waals surface area (Å²) in [5.41, 5.74) is 2.71. The van der Waals surface area contributed by atoms with E-state index in [1.54, 1.807) is 12.1 Å². The molecule has 0 saturated carbocycles. The highest BCUT2D eigenvalue weighted by Gasteiger charge is 2.13. The molecule has 26 heavy (non-hydrogen) atoms. The number of aryl methyl sites for hydroxylation is 2. The van der Waals surface area contributed by atoms with Gasteiger partial charge in [0.2, 0.25) is 5.89 Å². The van der Waals surface area contributed by atoms with Gasteiger partial charge < -0.3 is 14.3 Å². The average Bonchev–Trinajstić information content (AvgIpc) is 3.09. The number of hydrogen-bond donors (Lipinski definition) is 1. The predicted octanol–water partition coefficient (Wildman–Crippen LogP) is 4.02. The van der Waals surface area contributed by atoms with Gasteiger partial charge >= 0.3 is 0 Å². The maximum Gasteiger partial charge on any atom is 0.276 e. The Morgan fingerprint density at radius 2 is 1.81 bits per heavy atom. The van der Waals surface area contributed by atoms with Gasteiger partial charge in [-0.05, 0) is 49.2 Å². The Morgan fingerprint density at radius 1 is 1.12 bits per heavy atom. The third-order valence-electron chi connectivity index (χ3n) is 3.73. The second-order valence-corrected chi connectivity index (χ2v) is 6.85. The highest BCUT2D eigenvalue weighted by atomic mass is 32.2. The van der Waals surface area contributed by atoms with Crippen molar-refractivity contribution in [3.05, 3.63) is 59.4 Å². The fourth-order valence-corrected chi connectivity index (χ4v) is 3.07. The average molecular weight is 374 g/mol. The molecular weight excluding hydrogens is 355 g/mol. The molecule has 0 spiro atoms. The van der Waals surface area contributed by atoms with E-state index in [9.17, 15) is 9.50 Å². The number of nitrogens with zero attached hydrogens (tertiary/aromatic N) is 2. The van der Waals surface area contributed by atoms with E-state index < -0.39 is 6.10 Å². The normalized spacial score (nSPS) is 12.2. The van der Waals surface area contributed by atoms with Gasteiger partial charge in [-0.15, -0.1) is 10.2 Å². The molecular formula is C19H19FN2O3S. The van der Waals surface area contributed by atoms with E-state index in [-0.39, 0.29) is 12.4 Å². The summed E-state index contributed by atoms with van der Waals surface area (Å²) in [6.45, 7) is 4.12. The number of benzene rings is 2. The van der Waals surface area contributed by atoms with Crippen molar-refractivity contribution in [2.45, 2.75) is 25.2 Å². The van der Waals surface area contributed by atoms with Crippen LogP contribution in [0.2, 0.25) is 0 Å². The maximum atomic E-state index is 13.0. The summed E-state index contributed by atoms with van der Waals surface area (Å²) < 4.78 is 24.2. The van der Waals surface area contributed by atoms with Crippen LogP contribution < -0.4 is 4.74 Å². The summed E-state index contributed by atoms with van der Waals surface area (Å²) in [6, 6.07) is 11.7. The number of aliphatic hydroxyl groups is 1. The molecule has 0 bridgehead atoms. The number of halogens is 1. The van der Waals surface area contributed by atoms with Crippen LogP contribution >= 0.6 is 11.8 Å². The van der Waals surface area contributed by atoms with E-state index >= 15 is 0 Å². The van der Waals surface area contributed by atoms with Crippen molar-refractivity contribution in [3.63, 3.8) is 0 Å². The molecule has 1 atom stereocenters. The summed E-state index contributed by atoms with van der Waals surface area (Å²) in [6.07, 6.45) is -0.680. The van der Waals surface area contributed by atoms with Gasteiger partial charge in [0.05, 0.1) is 6.10 Å². The summed E-state index contributed by atoms with van der Waals surface area (Å²) >= 11 is 1.25. The Balaban J connectivity index is 1.52. The Kier molecular flexibility index (Phi) is 5.90. The zero-order valence-corrected chi connectivity index (χ0v) is 15.3. The van der Waals surface area contributed by atoms with Gasteiger partial charge in [-0.3, -0.25) is 0 Å². The molecule has 7 heteroatoms. The number of rotatable bonds is 7. The van der Waals surface area contributed by atoms with Gasteiger partial charge in [0, 0.05) is 11.3 Å². The van der Waals surface area contributed by atoms with E-state index in [0.29, 0.717) is 22.4 Å². The Bertz CT molecular complexity index is 847. The van der Waals surface area contributed by atoms with Gasteiger partial charge in [0.15, 0.2) is 0 Å². The van der Waals surface area contributed by atoms with Crippen molar-refractivity contribution in [2.24, 2.45) is 0 Å². The standard InChI is InChI=1S/C19H19FN2O3S/c1-12-4-3-5-13(2)17(12)24-10-16(23)11-26-19-22-21-18(25-19)14-6-8-15(20)9-7-14/h3-9,16,23H,10-11H2,1-2H3/t16-/m0/s1. The Hall–Kier alpha value is -2.38. The second-order valence-electron chi connectivity index (χ2n) is 5.88. The SMILES string of the molecule is Cc1cccc(C)c1OC[C@H](O)CSc1nnc(-c2ccc(F)cc2)o1. The highest BCUT2D eigenvalue weighted by Crippen LogP contribution is 2.25. The molecule has 1 aromatic heterocycles. The van der Waals surface area contributed by atoms with Gasteiger partial charge in [0.25, 0.3) is 5.22 Å². The predicted molar refractivity (Wildman–Crippen MR) is 97.8 cm³/mol. The minimum Gasteiger partial charge on any atom is -0.490 e. The van der Waals surface area contributed by atoms with Crippen molar-refractivity contribution in [1.29, 1.82) is 0 Å². The third kappa shape index (κ3) is 4.62. The lowest BCUT2D eigenvalue weighted by Crippen LogP contribution is -2.20. The lowest BCUT2D eigenvalue weighted by atomic mass is 10.1. The smallest absolute Gasteiger partial charge is 0.276 e. The number of aromatic nitrogens is 2. The molecule has 0 unspecified atom stereocenters. The molecule has 5 nitrogen and oxygen atoms in total.